The van der Waals surface area contributed by atoms with E-state index in [0.717, 1.165) is 43.4 Å². The highest BCUT2D eigenvalue weighted by Crippen LogP contribution is 2.14. The molecule has 0 atom stereocenters. The third-order valence-corrected chi connectivity index (χ3v) is 9.05. The number of hydrogen-bond acceptors (Lipinski definition) is 2. The molecule has 0 rings (SSSR count). The van der Waals surface area contributed by atoms with Crippen molar-refractivity contribution in [3.63, 3.8) is 0 Å². The van der Waals surface area contributed by atoms with Crippen molar-refractivity contribution in [2.24, 2.45) is 0 Å². The zero-order valence-corrected chi connectivity index (χ0v) is 29.3. The molecule has 0 bridgehead atoms. The molecule has 4 nitrogen and oxygen atoms in total. The molecule has 0 fully saturated rings. The van der Waals surface area contributed by atoms with Crippen molar-refractivity contribution in [2.45, 2.75) is 195 Å². The third-order valence-electron chi connectivity index (χ3n) is 8.12. The molecule has 0 aliphatic rings. The topological polar surface area (TPSA) is 46.3 Å². The van der Waals surface area contributed by atoms with Crippen molar-refractivity contribution >= 4 is 23.0 Å². The van der Waals surface area contributed by atoms with E-state index in [-0.39, 0.29) is 6.03 Å². The van der Waals surface area contributed by atoms with Gasteiger partial charge in [0.1, 0.15) is 0 Å². The van der Waals surface area contributed by atoms with Crippen molar-refractivity contribution in [1.29, 1.82) is 0 Å². The fraction of sp³-hybridized carbons (Fsp3) is 0.944. The molecule has 0 saturated heterocycles. The van der Waals surface area contributed by atoms with Crippen LogP contribution in [0.25, 0.3) is 0 Å². The van der Waals surface area contributed by atoms with Crippen LogP contribution in [0.4, 0.5) is 4.79 Å². The highest BCUT2D eigenvalue weighted by atomic mass is 32.2. The van der Waals surface area contributed by atoms with E-state index in [2.05, 4.69) is 38.0 Å². The number of amidine groups is 1. The summed E-state index contributed by atoms with van der Waals surface area (Å²) < 4.78 is 0. The van der Waals surface area contributed by atoms with Gasteiger partial charge in [-0.2, -0.15) is 4.90 Å². The van der Waals surface area contributed by atoms with E-state index in [1.807, 2.05) is 4.90 Å². The predicted octanol–water partition coefficient (Wildman–Crippen LogP) is 10.4. The summed E-state index contributed by atoms with van der Waals surface area (Å²) in [5.74, 6) is 0.983. The van der Waals surface area contributed by atoms with Gasteiger partial charge in [-0.1, -0.05) is 163 Å². The standard InChI is InChI=1S/C36H73N3OS/c1-5-9-12-15-16-17-18-19-20-21-22-23-24-25-27-29-32-37-35(40)39(34-31-28-14-11-7-3)36(41-8-4)38-33-30-26-13-10-6-2/h5-34H2,1-4H3,(H,37,40)/p+1. The first kappa shape index (κ1) is 40.3. The first-order chi connectivity index (χ1) is 20.2. The van der Waals surface area contributed by atoms with E-state index < -0.39 is 0 Å². The number of nitrogens with one attached hydrogen (secondary N) is 2. The molecule has 0 aliphatic carbocycles. The molecule has 0 aromatic carbocycles. The molecule has 2 N–H and O–H groups in total. The summed E-state index contributed by atoms with van der Waals surface area (Å²) in [4.78, 5) is 18.9. The molecule has 0 heterocycles. The van der Waals surface area contributed by atoms with Gasteiger partial charge in [0.05, 0.1) is 13.1 Å². The molecule has 5 heteroatoms. The van der Waals surface area contributed by atoms with Gasteiger partial charge >= 0.3 is 11.2 Å². The monoisotopic (exact) mass is 597 g/mol. The highest BCUT2D eigenvalue weighted by molar-refractivity contribution is 8.13. The normalized spacial score (nSPS) is 11.8. The van der Waals surface area contributed by atoms with Crippen LogP contribution in [0, 0.1) is 0 Å². The molecular weight excluding hydrogens is 522 g/mol. The fourth-order valence-electron chi connectivity index (χ4n) is 5.42. The van der Waals surface area contributed by atoms with Gasteiger partial charge in [0, 0.05) is 12.3 Å². The van der Waals surface area contributed by atoms with Crippen LogP contribution in [0.15, 0.2) is 0 Å². The molecule has 0 unspecified atom stereocenters. The predicted molar refractivity (Wildman–Crippen MR) is 186 cm³/mol. The van der Waals surface area contributed by atoms with Crippen LogP contribution in [-0.4, -0.2) is 41.5 Å². The van der Waals surface area contributed by atoms with E-state index in [0.29, 0.717) is 0 Å². The quantitative estimate of drug-likeness (QED) is 0.0492. The molecule has 0 aliphatic heterocycles. The number of urea groups is 1. The zero-order valence-electron chi connectivity index (χ0n) is 28.5. The largest absolute Gasteiger partial charge is 0.409 e. The maximum Gasteiger partial charge on any atom is 0.409 e. The number of unbranched alkanes of at least 4 members (excludes halogenated alkanes) is 23. The van der Waals surface area contributed by atoms with Crippen molar-refractivity contribution in [3.8, 4) is 0 Å². The molecule has 244 valence electrons. The summed E-state index contributed by atoms with van der Waals surface area (Å²) >= 11 is 1.79. The van der Waals surface area contributed by atoms with Crippen LogP contribution < -0.4 is 10.3 Å². The minimum Gasteiger partial charge on any atom is -0.318 e. The van der Waals surface area contributed by atoms with Gasteiger partial charge in [-0.05, 0) is 43.9 Å². The van der Waals surface area contributed by atoms with Gasteiger partial charge in [-0.15, -0.1) is 0 Å². The number of nitrogens with zero attached hydrogens (tertiary/aromatic N) is 1. The Morgan fingerprint density at radius 3 is 1.37 bits per heavy atom. The average molecular weight is 597 g/mol. The Hall–Kier alpha value is -0.710. The minimum atomic E-state index is 0.0934. The van der Waals surface area contributed by atoms with Gasteiger partial charge in [0.15, 0.2) is 0 Å². The van der Waals surface area contributed by atoms with Gasteiger partial charge in [-0.25, -0.2) is 4.79 Å². The average Bonchev–Trinajstić information content (AvgIpc) is 2.98. The van der Waals surface area contributed by atoms with E-state index in [9.17, 15) is 4.79 Å². The summed E-state index contributed by atoms with van der Waals surface area (Å²) in [6.07, 6.45) is 34.5. The van der Waals surface area contributed by atoms with Crippen molar-refractivity contribution in [1.82, 2.24) is 10.2 Å². The van der Waals surface area contributed by atoms with Crippen LogP contribution in [-0.2, 0) is 0 Å². The van der Waals surface area contributed by atoms with Crippen LogP contribution in [0.1, 0.15) is 195 Å². The lowest BCUT2D eigenvalue weighted by Crippen LogP contribution is -2.76. The Bertz CT molecular complexity index is 569. The Kier molecular flexibility index (Phi) is 33.2. The summed E-state index contributed by atoms with van der Waals surface area (Å²) in [6, 6.07) is 0.0934. The Morgan fingerprint density at radius 1 is 0.537 bits per heavy atom. The van der Waals surface area contributed by atoms with E-state index in [1.165, 1.54) is 154 Å². The Balaban J connectivity index is 4.18. The van der Waals surface area contributed by atoms with Crippen molar-refractivity contribution < 1.29 is 9.79 Å². The molecule has 2 amide bonds. The first-order valence-corrected chi connectivity index (χ1v) is 19.5. The zero-order chi connectivity index (χ0) is 30.1. The van der Waals surface area contributed by atoms with Gasteiger partial charge in [0.25, 0.3) is 0 Å². The number of carbonyl (C=O) groups is 1. The lowest BCUT2D eigenvalue weighted by Gasteiger charge is -2.17. The second-order valence-electron chi connectivity index (χ2n) is 12.2. The first-order valence-electron chi connectivity index (χ1n) is 18.5. The molecule has 41 heavy (non-hydrogen) atoms. The molecule has 0 aromatic rings. The van der Waals surface area contributed by atoms with Crippen LogP contribution in [0.5, 0.6) is 0 Å². The third kappa shape index (κ3) is 27.9. The summed E-state index contributed by atoms with van der Waals surface area (Å²) in [6.45, 7) is 11.6. The number of thioether (sulfide) groups is 1. The molecule has 0 aromatic heterocycles. The van der Waals surface area contributed by atoms with Gasteiger partial charge in [-0.3, -0.25) is 4.99 Å². The Labute approximate surface area is 262 Å². The van der Waals surface area contributed by atoms with E-state index in [4.69, 9.17) is 0 Å². The van der Waals surface area contributed by atoms with Gasteiger partial charge in [0.2, 0.25) is 0 Å². The van der Waals surface area contributed by atoms with Crippen LogP contribution in [0.2, 0.25) is 0 Å². The SMILES string of the molecule is CCCCCCCCCCCCCCCCCCNC(=O)N(CCCCCCC)C(=[NH+]CCCCCCC)SCC. The lowest BCUT2D eigenvalue weighted by atomic mass is 10.0. The molecular formula is C36H74N3OS+. The van der Waals surface area contributed by atoms with E-state index >= 15 is 0 Å². The minimum absolute atomic E-state index is 0.0934. The second-order valence-corrected chi connectivity index (χ2v) is 13.4. The number of rotatable bonds is 30. The Morgan fingerprint density at radius 2 is 0.927 bits per heavy atom. The van der Waals surface area contributed by atoms with Crippen LogP contribution in [0.3, 0.4) is 0 Å². The fourth-order valence-corrected chi connectivity index (χ4v) is 6.23. The molecule has 0 radical (unpaired) electrons. The van der Waals surface area contributed by atoms with Crippen molar-refractivity contribution in [2.75, 3.05) is 25.4 Å². The lowest BCUT2D eigenvalue weighted by molar-refractivity contribution is -0.459. The summed E-state index contributed by atoms with van der Waals surface area (Å²) in [7, 11) is 0. The van der Waals surface area contributed by atoms with Crippen molar-refractivity contribution in [3.05, 3.63) is 0 Å². The number of hydrogen-bond donors (Lipinski definition) is 2. The summed E-state index contributed by atoms with van der Waals surface area (Å²) in [5, 5.41) is 4.31. The molecule has 0 saturated carbocycles. The van der Waals surface area contributed by atoms with E-state index in [1.54, 1.807) is 11.8 Å². The van der Waals surface area contributed by atoms with Gasteiger partial charge < -0.3 is 5.32 Å². The maximum absolute atomic E-state index is 13.3. The highest BCUT2D eigenvalue weighted by Gasteiger charge is 2.27. The number of carbonyl (C=O) groups excluding carboxylic acids is 1. The maximum atomic E-state index is 13.3. The smallest absolute Gasteiger partial charge is 0.318 e. The van der Waals surface area contributed by atoms with Crippen LogP contribution >= 0.6 is 11.8 Å². The second kappa shape index (κ2) is 33.8. The molecule has 0 spiro atoms. The number of amides is 2. The summed E-state index contributed by atoms with van der Waals surface area (Å²) in [5.41, 5.74) is 0.